The van der Waals surface area contributed by atoms with E-state index in [0.29, 0.717) is 24.4 Å². The molecule has 1 aliphatic heterocycles. The molecule has 4 rings (SSSR count). The van der Waals surface area contributed by atoms with Gasteiger partial charge in [0.15, 0.2) is 0 Å². The van der Waals surface area contributed by atoms with Gasteiger partial charge in [-0.25, -0.2) is 0 Å². The molecule has 154 valence electrons. The number of fused-ring (bicyclic) bond motifs is 1. The summed E-state index contributed by atoms with van der Waals surface area (Å²) in [6, 6.07) is 13.3. The maximum Gasteiger partial charge on any atom is 0.259 e. The number of aromatic nitrogens is 1. The van der Waals surface area contributed by atoms with Gasteiger partial charge in [-0.3, -0.25) is 4.79 Å². The fourth-order valence-electron chi connectivity index (χ4n) is 5.03. The molecule has 2 heterocycles. The fourth-order valence-corrected chi connectivity index (χ4v) is 5.03. The van der Waals surface area contributed by atoms with E-state index in [0.717, 1.165) is 31.2 Å². The lowest BCUT2D eigenvalue weighted by Gasteiger charge is -2.52. The zero-order valence-corrected chi connectivity index (χ0v) is 17.0. The van der Waals surface area contributed by atoms with E-state index in [1.165, 1.54) is 14.2 Å². The Balaban J connectivity index is 1.66. The number of amides is 1. The Bertz CT molecular complexity index is 872. The molecule has 1 aromatic heterocycles. The van der Waals surface area contributed by atoms with Crippen LogP contribution in [-0.4, -0.2) is 47.7 Å². The molecule has 0 unspecified atom stereocenters. The lowest BCUT2D eigenvalue weighted by molar-refractivity contribution is -0.110. The second-order valence-electron chi connectivity index (χ2n) is 7.91. The van der Waals surface area contributed by atoms with Crippen molar-refractivity contribution in [2.75, 3.05) is 20.8 Å². The van der Waals surface area contributed by atoms with E-state index in [1.54, 1.807) is 12.1 Å². The van der Waals surface area contributed by atoms with Gasteiger partial charge < -0.3 is 19.5 Å². The molecule has 1 saturated heterocycles. The summed E-state index contributed by atoms with van der Waals surface area (Å²) in [5.41, 5.74) is 0.487. The van der Waals surface area contributed by atoms with Gasteiger partial charge in [0.05, 0.1) is 19.8 Å². The molecule has 6 heteroatoms. The number of aliphatic hydroxyl groups is 1. The first-order chi connectivity index (χ1) is 14.1. The van der Waals surface area contributed by atoms with Crippen molar-refractivity contribution in [3.8, 4) is 11.8 Å². The molecule has 6 nitrogen and oxygen atoms in total. The Labute approximate surface area is 171 Å². The van der Waals surface area contributed by atoms with Gasteiger partial charge in [0.2, 0.25) is 11.8 Å². The Morgan fingerprint density at radius 2 is 1.86 bits per heavy atom. The number of hydrogen-bond donors (Lipinski definition) is 1. The number of piperidine rings is 1. The predicted molar refractivity (Wildman–Crippen MR) is 109 cm³/mol. The van der Waals surface area contributed by atoms with Crippen molar-refractivity contribution >= 4 is 5.91 Å². The van der Waals surface area contributed by atoms with E-state index in [4.69, 9.17) is 9.47 Å². The average molecular weight is 396 g/mol. The van der Waals surface area contributed by atoms with E-state index < -0.39 is 5.60 Å². The van der Waals surface area contributed by atoms with Crippen LogP contribution in [0.2, 0.25) is 0 Å². The maximum atomic E-state index is 13.5. The third-order valence-electron chi connectivity index (χ3n) is 6.48. The van der Waals surface area contributed by atoms with Crippen molar-refractivity contribution in [1.82, 2.24) is 9.88 Å². The van der Waals surface area contributed by atoms with Crippen LogP contribution >= 0.6 is 0 Å². The van der Waals surface area contributed by atoms with Crippen LogP contribution in [0.3, 0.4) is 0 Å². The van der Waals surface area contributed by atoms with Gasteiger partial charge in [-0.1, -0.05) is 43.2 Å². The largest absolute Gasteiger partial charge is 0.481 e. The molecule has 29 heavy (non-hydrogen) atoms. The number of pyridine rings is 1. The average Bonchev–Trinajstić information content (AvgIpc) is 2.79. The Hall–Kier alpha value is -2.60. The topological polar surface area (TPSA) is 71.9 Å². The van der Waals surface area contributed by atoms with Crippen molar-refractivity contribution in [3.63, 3.8) is 0 Å². The normalized spacial score (nSPS) is 26.5. The third kappa shape index (κ3) is 3.46. The van der Waals surface area contributed by atoms with Crippen molar-refractivity contribution in [2.45, 2.75) is 43.7 Å². The van der Waals surface area contributed by atoms with Crippen LogP contribution < -0.4 is 9.47 Å². The highest BCUT2D eigenvalue weighted by Gasteiger charge is 2.50. The Morgan fingerprint density at radius 3 is 2.59 bits per heavy atom. The maximum absolute atomic E-state index is 13.5. The number of ether oxygens (including phenoxy) is 2. The number of hydrogen-bond acceptors (Lipinski definition) is 5. The Kier molecular flexibility index (Phi) is 5.46. The summed E-state index contributed by atoms with van der Waals surface area (Å²) in [6.45, 7) is 0.501. The summed E-state index contributed by atoms with van der Waals surface area (Å²) in [6.07, 6.45) is 4.48. The minimum absolute atomic E-state index is 0.00186. The second kappa shape index (κ2) is 8.03. The number of benzene rings is 1. The molecule has 1 aliphatic carbocycles. The molecule has 1 aromatic carbocycles. The summed E-state index contributed by atoms with van der Waals surface area (Å²) in [5.74, 6) is 0.606. The SMILES string of the molecule is COc1ccc(C(=O)N2CC[C@](O)(c3ccccc3)[C@H]3CCCC[C@H]32)c(OC)n1. The molecule has 0 bridgehead atoms. The molecule has 1 amide bonds. The van der Waals surface area contributed by atoms with Crippen LogP contribution in [0.5, 0.6) is 11.8 Å². The molecule has 3 atom stereocenters. The lowest BCUT2D eigenvalue weighted by atomic mass is 9.66. The summed E-state index contributed by atoms with van der Waals surface area (Å²) in [7, 11) is 3.04. The van der Waals surface area contributed by atoms with Crippen LogP contribution in [0.25, 0.3) is 0 Å². The van der Waals surface area contributed by atoms with Gasteiger partial charge in [-0.2, -0.15) is 4.98 Å². The van der Waals surface area contributed by atoms with Gasteiger partial charge in [0.1, 0.15) is 5.56 Å². The minimum atomic E-state index is -0.897. The van der Waals surface area contributed by atoms with Crippen molar-refractivity contribution in [2.24, 2.45) is 5.92 Å². The number of methoxy groups -OCH3 is 2. The molecule has 0 radical (unpaired) electrons. The molecule has 2 aliphatic rings. The van der Waals surface area contributed by atoms with E-state index in [-0.39, 0.29) is 23.7 Å². The number of rotatable bonds is 4. The quantitative estimate of drug-likeness (QED) is 0.858. The van der Waals surface area contributed by atoms with Crippen LogP contribution in [0.15, 0.2) is 42.5 Å². The van der Waals surface area contributed by atoms with Crippen molar-refractivity contribution in [3.05, 3.63) is 53.6 Å². The molecule has 1 N–H and O–H groups in total. The van der Waals surface area contributed by atoms with E-state index >= 15 is 0 Å². The minimum Gasteiger partial charge on any atom is -0.481 e. The number of carbonyl (C=O) groups excluding carboxylic acids is 1. The lowest BCUT2D eigenvalue weighted by Crippen LogP contribution is -2.59. The highest BCUT2D eigenvalue weighted by Crippen LogP contribution is 2.47. The molecule has 2 fully saturated rings. The second-order valence-corrected chi connectivity index (χ2v) is 7.91. The first kappa shape index (κ1) is 19.7. The van der Waals surface area contributed by atoms with Crippen molar-refractivity contribution < 1.29 is 19.4 Å². The number of likely N-dealkylation sites (tertiary alicyclic amines) is 1. The third-order valence-corrected chi connectivity index (χ3v) is 6.48. The summed E-state index contributed by atoms with van der Waals surface area (Å²) in [4.78, 5) is 19.7. The van der Waals surface area contributed by atoms with E-state index in [2.05, 4.69) is 4.98 Å². The van der Waals surface area contributed by atoms with E-state index in [1.807, 2.05) is 35.2 Å². The highest BCUT2D eigenvalue weighted by atomic mass is 16.5. The predicted octanol–water partition coefficient (Wildman–Crippen LogP) is 3.39. The number of carbonyl (C=O) groups is 1. The molecule has 2 aromatic rings. The first-order valence-electron chi connectivity index (χ1n) is 10.3. The standard InChI is InChI=1S/C23H28N2O4/c1-28-20-13-12-17(21(24-20)29-2)22(26)25-15-14-23(27,16-8-4-3-5-9-16)18-10-6-7-11-19(18)25/h3-5,8-9,12-13,18-19,27H,6-7,10-11,14-15H2,1-2H3/t18-,19+,23-/m0/s1. The van der Waals surface area contributed by atoms with Crippen molar-refractivity contribution in [1.29, 1.82) is 0 Å². The van der Waals surface area contributed by atoms with Crippen LogP contribution in [0.4, 0.5) is 0 Å². The Morgan fingerprint density at radius 1 is 1.10 bits per heavy atom. The first-order valence-corrected chi connectivity index (χ1v) is 10.3. The van der Waals surface area contributed by atoms with Gasteiger partial charge in [0.25, 0.3) is 5.91 Å². The van der Waals surface area contributed by atoms with Crippen LogP contribution in [-0.2, 0) is 5.60 Å². The van der Waals surface area contributed by atoms with Gasteiger partial charge >= 0.3 is 0 Å². The van der Waals surface area contributed by atoms with Crippen LogP contribution in [0, 0.1) is 5.92 Å². The number of nitrogens with zero attached hydrogens (tertiary/aromatic N) is 2. The highest BCUT2D eigenvalue weighted by molar-refractivity contribution is 5.96. The molecular formula is C23H28N2O4. The van der Waals surface area contributed by atoms with Gasteiger partial charge in [-0.15, -0.1) is 0 Å². The smallest absolute Gasteiger partial charge is 0.259 e. The molecule has 1 saturated carbocycles. The zero-order valence-electron chi connectivity index (χ0n) is 17.0. The molecular weight excluding hydrogens is 368 g/mol. The molecule has 0 spiro atoms. The monoisotopic (exact) mass is 396 g/mol. The zero-order chi connectivity index (χ0) is 20.4. The van der Waals surface area contributed by atoms with Crippen LogP contribution in [0.1, 0.15) is 48.0 Å². The summed E-state index contributed by atoms with van der Waals surface area (Å²) in [5, 5.41) is 11.7. The fraction of sp³-hybridized carbons (Fsp3) is 0.478. The summed E-state index contributed by atoms with van der Waals surface area (Å²) >= 11 is 0. The van der Waals surface area contributed by atoms with Gasteiger partial charge in [-0.05, 0) is 30.9 Å². The summed E-state index contributed by atoms with van der Waals surface area (Å²) < 4.78 is 10.5. The van der Waals surface area contributed by atoms with E-state index in [9.17, 15) is 9.90 Å². The van der Waals surface area contributed by atoms with Gasteiger partial charge in [0, 0.05) is 24.6 Å².